The zero-order chi connectivity index (χ0) is 19.2. The van der Waals surface area contributed by atoms with Crippen LogP contribution in [-0.4, -0.2) is 44.5 Å². The minimum absolute atomic E-state index is 0.178. The van der Waals surface area contributed by atoms with E-state index in [1.165, 1.54) is 16.4 Å². The first-order valence-corrected chi connectivity index (χ1v) is 10.2. The molecule has 1 N–H and O–H groups in total. The molecule has 1 amide bonds. The van der Waals surface area contributed by atoms with E-state index in [1.807, 2.05) is 19.1 Å². The SMILES string of the molecule is Cc1ccccc1C(=O)NCCN(CCc1ccc(F)cc1)S(C)(=O)=O. The van der Waals surface area contributed by atoms with Crippen LogP contribution in [0.25, 0.3) is 0 Å². The van der Waals surface area contributed by atoms with E-state index in [1.54, 1.807) is 24.3 Å². The fourth-order valence-electron chi connectivity index (χ4n) is 2.57. The van der Waals surface area contributed by atoms with Crippen LogP contribution in [0.2, 0.25) is 0 Å². The number of amides is 1. The molecule has 0 saturated heterocycles. The van der Waals surface area contributed by atoms with Crippen LogP contribution >= 0.6 is 0 Å². The minimum Gasteiger partial charge on any atom is -0.351 e. The molecular formula is C19H23FN2O3S. The van der Waals surface area contributed by atoms with Crippen LogP contribution in [0.3, 0.4) is 0 Å². The zero-order valence-electron chi connectivity index (χ0n) is 14.9. The Kier molecular flexibility index (Phi) is 6.88. The number of nitrogens with one attached hydrogen (secondary N) is 1. The Bertz CT molecular complexity index is 851. The lowest BCUT2D eigenvalue weighted by Gasteiger charge is -2.20. The molecule has 140 valence electrons. The molecule has 0 atom stereocenters. The molecule has 0 saturated carbocycles. The average Bonchev–Trinajstić information content (AvgIpc) is 2.58. The van der Waals surface area contributed by atoms with Crippen LogP contribution in [-0.2, 0) is 16.4 Å². The summed E-state index contributed by atoms with van der Waals surface area (Å²) in [6.07, 6.45) is 1.61. The van der Waals surface area contributed by atoms with E-state index in [-0.39, 0.29) is 31.4 Å². The molecular weight excluding hydrogens is 355 g/mol. The maximum absolute atomic E-state index is 12.9. The highest BCUT2D eigenvalue weighted by molar-refractivity contribution is 7.88. The maximum Gasteiger partial charge on any atom is 0.251 e. The van der Waals surface area contributed by atoms with Crippen molar-refractivity contribution >= 4 is 15.9 Å². The number of rotatable bonds is 8. The molecule has 2 aromatic carbocycles. The zero-order valence-corrected chi connectivity index (χ0v) is 15.7. The summed E-state index contributed by atoms with van der Waals surface area (Å²) in [6.45, 7) is 2.51. The highest BCUT2D eigenvalue weighted by atomic mass is 32.2. The monoisotopic (exact) mass is 378 g/mol. The van der Waals surface area contributed by atoms with E-state index >= 15 is 0 Å². The van der Waals surface area contributed by atoms with Gasteiger partial charge in [0.25, 0.3) is 5.91 Å². The van der Waals surface area contributed by atoms with E-state index in [0.29, 0.717) is 12.0 Å². The van der Waals surface area contributed by atoms with Crippen molar-refractivity contribution in [1.29, 1.82) is 0 Å². The molecule has 0 aliphatic heterocycles. The van der Waals surface area contributed by atoms with Crippen LogP contribution in [0.15, 0.2) is 48.5 Å². The van der Waals surface area contributed by atoms with Gasteiger partial charge < -0.3 is 5.32 Å². The van der Waals surface area contributed by atoms with E-state index in [2.05, 4.69) is 5.32 Å². The van der Waals surface area contributed by atoms with Gasteiger partial charge in [0.05, 0.1) is 6.26 Å². The van der Waals surface area contributed by atoms with Crippen molar-refractivity contribution in [2.24, 2.45) is 0 Å². The number of sulfonamides is 1. The molecule has 0 unspecified atom stereocenters. The predicted octanol–water partition coefficient (Wildman–Crippen LogP) is 2.37. The molecule has 0 aliphatic carbocycles. The molecule has 0 spiro atoms. The summed E-state index contributed by atoms with van der Waals surface area (Å²) in [7, 11) is -3.41. The third-order valence-corrected chi connectivity index (χ3v) is 5.37. The molecule has 0 aliphatic rings. The topological polar surface area (TPSA) is 66.5 Å². The number of hydrogen-bond acceptors (Lipinski definition) is 3. The average molecular weight is 378 g/mol. The second kappa shape index (κ2) is 8.91. The van der Waals surface area contributed by atoms with Crippen LogP contribution in [0, 0.1) is 12.7 Å². The highest BCUT2D eigenvalue weighted by Gasteiger charge is 2.17. The van der Waals surface area contributed by atoms with Crippen molar-refractivity contribution in [2.45, 2.75) is 13.3 Å². The quantitative estimate of drug-likeness (QED) is 0.767. The van der Waals surface area contributed by atoms with Crippen LogP contribution in [0.4, 0.5) is 4.39 Å². The normalized spacial score (nSPS) is 11.5. The fourth-order valence-corrected chi connectivity index (χ4v) is 3.41. The molecule has 2 aromatic rings. The first-order valence-electron chi connectivity index (χ1n) is 8.31. The fraction of sp³-hybridized carbons (Fsp3) is 0.316. The molecule has 26 heavy (non-hydrogen) atoms. The number of benzene rings is 2. The lowest BCUT2D eigenvalue weighted by atomic mass is 10.1. The summed E-state index contributed by atoms with van der Waals surface area (Å²) in [5.74, 6) is -0.553. The molecule has 0 aromatic heterocycles. The summed E-state index contributed by atoms with van der Waals surface area (Å²) in [5, 5.41) is 2.75. The van der Waals surface area contributed by atoms with Crippen molar-refractivity contribution < 1.29 is 17.6 Å². The van der Waals surface area contributed by atoms with Gasteiger partial charge in [-0.1, -0.05) is 30.3 Å². The van der Waals surface area contributed by atoms with Crippen LogP contribution < -0.4 is 5.32 Å². The van der Waals surface area contributed by atoms with Crippen molar-refractivity contribution in [2.75, 3.05) is 25.9 Å². The van der Waals surface area contributed by atoms with Gasteiger partial charge in [-0.05, 0) is 42.7 Å². The second-order valence-corrected chi connectivity index (χ2v) is 8.09. The van der Waals surface area contributed by atoms with Gasteiger partial charge in [0.1, 0.15) is 5.82 Å². The van der Waals surface area contributed by atoms with Gasteiger partial charge in [-0.15, -0.1) is 0 Å². The number of carbonyl (C=O) groups excluding carboxylic acids is 1. The molecule has 0 radical (unpaired) electrons. The smallest absolute Gasteiger partial charge is 0.251 e. The van der Waals surface area contributed by atoms with Gasteiger partial charge in [-0.25, -0.2) is 17.1 Å². The van der Waals surface area contributed by atoms with E-state index in [9.17, 15) is 17.6 Å². The first kappa shape index (κ1) is 20.1. The Morgan fingerprint density at radius 1 is 1.08 bits per heavy atom. The summed E-state index contributed by atoms with van der Waals surface area (Å²) in [5.41, 5.74) is 2.29. The third kappa shape index (κ3) is 5.93. The Morgan fingerprint density at radius 3 is 2.35 bits per heavy atom. The van der Waals surface area contributed by atoms with Gasteiger partial charge >= 0.3 is 0 Å². The van der Waals surface area contributed by atoms with Gasteiger partial charge in [0, 0.05) is 25.2 Å². The Hall–Kier alpha value is -2.25. The van der Waals surface area contributed by atoms with Gasteiger partial charge in [-0.3, -0.25) is 4.79 Å². The molecule has 5 nitrogen and oxygen atoms in total. The van der Waals surface area contributed by atoms with Crippen molar-refractivity contribution in [3.63, 3.8) is 0 Å². The number of nitrogens with zero attached hydrogens (tertiary/aromatic N) is 1. The van der Waals surface area contributed by atoms with Gasteiger partial charge in [-0.2, -0.15) is 0 Å². The lowest BCUT2D eigenvalue weighted by Crippen LogP contribution is -2.39. The third-order valence-electron chi connectivity index (χ3n) is 4.07. The number of carbonyl (C=O) groups is 1. The lowest BCUT2D eigenvalue weighted by molar-refractivity contribution is 0.0951. The second-order valence-electron chi connectivity index (χ2n) is 6.11. The number of hydrogen-bond donors (Lipinski definition) is 1. The standard InChI is InChI=1S/C19H23FN2O3S/c1-15-5-3-4-6-18(15)19(23)21-12-14-22(26(2,24)25)13-11-16-7-9-17(20)10-8-16/h3-10H,11-14H2,1-2H3,(H,21,23). The molecule has 7 heteroatoms. The highest BCUT2D eigenvalue weighted by Crippen LogP contribution is 2.08. The largest absolute Gasteiger partial charge is 0.351 e. The number of halogens is 1. The molecule has 0 bridgehead atoms. The Labute approximate surface area is 153 Å². The molecule has 2 rings (SSSR count). The van der Waals surface area contributed by atoms with Crippen LogP contribution in [0.5, 0.6) is 0 Å². The molecule has 0 fully saturated rings. The van der Waals surface area contributed by atoms with Crippen molar-refractivity contribution in [3.05, 3.63) is 71.0 Å². The van der Waals surface area contributed by atoms with Gasteiger partial charge in [0.15, 0.2) is 0 Å². The summed E-state index contributed by atoms with van der Waals surface area (Å²) in [6, 6.07) is 13.2. The Balaban J connectivity index is 1.91. The number of aryl methyl sites for hydroxylation is 1. The predicted molar refractivity (Wildman–Crippen MR) is 100 cm³/mol. The maximum atomic E-state index is 12.9. The van der Waals surface area contributed by atoms with Gasteiger partial charge in [0.2, 0.25) is 10.0 Å². The van der Waals surface area contributed by atoms with E-state index in [0.717, 1.165) is 17.4 Å². The summed E-state index contributed by atoms with van der Waals surface area (Å²) < 4.78 is 38.2. The van der Waals surface area contributed by atoms with E-state index in [4.69, 9.17) is 0 Å². The van der Waals surface area contributed by atoms with Crippen molar-refractivity contribution in [1.82, 2.24) is 9.62 Å². The minimum atomic E-state index is -3.41. The molecule has 0 heterocycles. The van der Waals surface area contributed by atoms with E-state index < -0.39 is 10.0 Å². The summed E-state index contributed by atoms with van der Waals surface area (Å²) >= 11 is 0. The first-order chi connectivity index (χ1) is 12.3. The van der Waals surface area contributed by atoms with Crippen molar-refractivity contribution in [3.8, 4) is 0 Å². The Morgan fingerprint density at radius 2 is 1.73 bits per heavy atom. The summed E-state index contributed by atoms with van der Waals surface area (Å²) in [4.78, 5) is 12.2. The van der Waals surface area contributed by atoms with Crippen LogP contribution in [0.1, 0.15) is 21.5 Å².